The molecule has 0 spiro atoms. The molecule has 4 rings (SSSR count). The van der Waals surface area contributed by atoms with Crippen LogP contribution in [0.3, 0.4) is 0 Å². The number of carbonyl (C=O) groups is 1. The highest BCUT2D eigenvalue weighted by atomic mass is 16.5. The van der Waals surface area contributed by atoms with E-state index in [1.54, 1.807) is 0 Å². The number of nitrogens with one attached hydrogen (secondary N) is 1. The minimum Gasteiger partial charge on any atom is -0.378 e. The molecule has 0 bridgehead atoms. The van der Waals surface area contributed by atoms with Gasteiger partial charge in [0, 0.05) is 36.1 Å². The molecule has 1 aliphatic rings. The van der Waals surface area contributed by atoms with Gasteiger partial charge in [-0.1, -0.05) is 35.5 Å². The number of nitrogens with zero attached hydrogens (tertiary/aromatic N) is 3. The lowest BCUT2D eigenvalue weighted by atomic mass is 10.1. The van der Waals surface area contributed by atoms with Crippen molar-refractivity contribution >= 4 is 17.3 Å². The molecular weight excluding hydrogens is 380 g/mol. The van der Waals surface area contributed by atoms with Crippen LogP contribution in [0.1, 0.15) is 5.76 Å². The fourth-order valence-corrected chi connectivity index (χ4v) is 3.48. The van der Waals surface area contributed by atoms with Gasteiger partial charge in [0.25, 0.3) is 0 Å². The first kappa shape index (κ1) is 20.1. The summed E-state index contributed by atoms with van der Waals surface area (Å²) in [5.74, 6) is 0.651. The van der Waals surface area contributed by atoms with E-state index in [4.69, 9.17) is 9.26 Å². The van der Waals surface area contributed by atoms with Gasteiger partial charge in [0.05, 0.1) is 26.3 Å². The third-order valence-electron chi connectivity index (χ3n) is 5.00. The molecule has 0 aliphatic carbocycles. The molecular formula is C23H26N4O3. The number of hydrogen-bond acceptors (Lipinski definition) is 6. The fraction of sp³-hybridized carbons (Fsp3) is 0.304. The zero-order chi connectivity index (χ0) is 20.8. The van der Waals surface area contributed by atoms with E-state index in [2.05, 4.69) is 15.4 Å². The second-order valence-electron chi connectivity index (χ2n) is 7.41. The molecule has 2 heterocycles. The normalized spacial score (nSPS) is 14.1. The minimum absolute atomic E-state index is 0.0700. The maximum absolute atomic E-state index is 12.4. The minimum atomic E-state index is -0.0700. The summed E-state index contributed by atoms with van der Waals surface area (Å²) in [7, 11) is 1.88. The van der Waals surface area contributed by atoms with Gasteiger partial charge in [-0.2, -0.15) is 0 Å². The lowest BCUT2D eigenvalue weighted by Crippen LogP contribution is -2.36. The van der Waals surface area contributed by atoms with Crippen LogP contribution < -0.4 is 10.2 Å². The van der Waals surface area contributed by atoms with E-state index in [0.717, 1.165) is 54.7 Å². The van der Waals surface area contributed by atoms with Crippen molar-refractivity contribution in [1.29, 1.82) is 0 Å². The lowest BCUT2D eigenvalue weighted by molar-refractivity contribution is -0.117. The number of hydrogen-bond donors (Lipinski definition) is 1. The molecule has 1 aromatic heterocycles. The van der Waals surface area contributed by atoms with Crippen LogP contribution >= 0.6 is 0 Å². The SMILES string of the molecule is CN(CC(=O)Nc1ccc(N2CCOCC2)cc1)Cc1cc(-c2ccccc2)no1. The molecule has 30 heavy (non-hydrogen) atoms. The first-order valence-electron chi connectivity index (χ1n) is 10.1. The van der Waals surface area contributed by atoms with Gasteiger partial charge in [0.15, 0.2) is 5.76 Å². The van der Waals surface area contributed by atoms with E-state index in [1.165, 1.54) is 0 Å². The largest absolute Gasteiger partial charge is 0.378 e. The number of aromatic nitrogens is 1. The van der Waals surface area contributed by atoms with Crippen LogP contribution in [0.15, 0.2) is 65.2 Å². The number of carbonyl (C=O) groups excluding carboxylic acids is 1. The number of rotatable bonds is 7. The summed E-state index contributed by atoms with van der Waals surface area (Å²) in [5.41, 5.74) is 3.74. The predicted octanol–water partition coefficient (Wildman–Crippen LogP) is 3.25. The molecule has 1 aliphatic heterocycles. The van der Waals surface area contributed by atoms with Gasteiger partial charge in [0.2, 0.25) is 5.91 Å². The average molecular weight is 406 g/mol. The monoisotopic (exact) mass is 406 g/mol. The van der Waals surface area contributed by atoms with E-state index >= 15 is 0 Å². The summed E-state index contributed by atoms with van der Waals surface area (Å²) in [6.45, 7) is 4.05. The van der Waals surface area contributed by atoms with Gasteiger partial charge in [-0.3, -0.25) is 9.69 Å². The molecule has 0 unspecified atom stereocenters. The zero-order valence-electron chi connectivity index (χ0n) is 17.1. The van der Waals surface area contributed by atoms with Gasteiger partial charge in [0.1, 0.15) is 5.69 Å². The summed E-state index contributed by atoms with van der Waals surface area (Å²) in [6, 6.07) is 19.7. The summed E-state index contributed by atoms with van der Waals surface area (Å²) < 4.78 is 10.8. The van der Waals surface area contributed by atoms with Gasteiger partial charge >= 0.3 is 0 Å². The number of ether oxygens (including phenoxy) is 1. The zero-order valence-corrected chi connectivity index (χ0v) is 17.1. The van der Waals surface area contributed by atoms with Crippen molar-refractivity contribution in [3.05, 3.63) is 66.4 Å². The van der Waals surface area contributed by atoms with Crippen molar-refractivity contribution in [3.63, 3.8) is 0 Å². The summed E-state index contributed by atoms with van der Waals surface area (Å²) >= 11 is 0. The van der Waals surface area contributed by atoms with Crippen LogP contribution in [0.5, 0.6) is 0 Å². The quantitative estimate of drug-likeness (QED) is 0.650. The Kier molecular flexibility index (Phi) is 6.41. The topological polar surface area (TPSA) is 70.8 Å². The Balaban J connectivity index is 1.27. The maximum atomic E-state index is 12.4. The predicted molar refractivity (Wildman–Crippen MR) is 116 cm³/mol. The van der Waals surface area contributed by atoms with Gasteiger partial charge in [-0.15, -0.1) is 0 Å². The van der Waals surface area contributed by atoms with E-state index in [1.807, 2.05) is 72.6 Å². The summed E-state index contributed by atoms with van der Waals surface area (Å²) in [5, 5.41) is 7.07. The Labute approximate surface area is 176 Å². The Morgan fingerprint density at radius 3 is 2.57 bits per heavy atom. The number of anilines is 2. The Morgan fingerprint density at radius 2 is 1.83 bits per heavy atom. The lowest BCUT2D eigenvalue weighted by Gasteiger charge is -2.28. The average Bonchev–Trinajstić information content (AvgIpc) is 3.23. The Morgan fingerprint density at radius 1 is 1.10 bits per heavy atom. The first-order chi connectivity index (χ1) is 14.7. The van der Waals surface area contributed by atoms with Gasteiger partial charge < -0.3 is 19.5 Å². The highest BCUT2D eigenvalue weighted by Gasteiger charge is 2.13. The van der Waals surface area contributed by atoms with E-state index in [9.17, 15) is 4.79 Å². The highest BCUT2D eigenvalue weighted by molar-refractivity contribution is 5.92. The van der Waals surface area contributed by atoms with Crippen LogP contribution in [0.2, 0.25) is 0 Å². The molecule has 1 saturated heterocycles. The Bertz CT molecular complexity index is 950. The van der Waals surface area contributed by atoms with Crippen LogP contribution in [-0.2, 0) is 16.1 Å². The van der Waals surface area contributed by atoms with Crippen LogP contribution in [-0.4, -0.2) is 55.9 Å². The smallest absolute Gasteiger partial charge is 0.238 e. The summed E-state index contributed by atoms with van der Waals surface area (Å²) in [6.07, 6.45) is 0. The van der Waals surface area contributed by atoms with E-state index in [0.29, 0.717) is 6.54 Å². The van der Waals surface area contributed by atoms with Crippen LogP contribution in [0.4, 0.5) is 11.4 Å². The molecule has 156 valence electrons. The first-order valence-corrected chi connectivity index (χ1v) is 10.1. The van der Waals surface area contributed by atoms with Crippen molar-refractivity contribution in [2.24, 2.45) is 0 Å². The van der Waals surface area contributed by atoms with E-state index < -0.39 is 0 Å². The van der Waals surface area contributed by atoms with Gasteiger partial charge in [-0.25, -0.2) is 0 Å². The third kappa shape index (κ3) is 5.25. The Hall–Kier alpha value is -3.16. The standard InChI is InChI=1S/C23H26N4O3/c1-26(16-21-15-22(25-30-21)18-5-3-2-4-6-18)17-23(28)24-19-7-9-20(10-8-19)27-11-13-29-14-12-27/h2-10,15H,11-14,16-17H2,1H3,(H,24,28). The molecule has 2 aromatic carbocycles. The highest BCUT2D eigenvalue weighted by Crippen LogP contribution is 2.20. The number of amides is 1. The molecule has 7 heteroatoms. The molecule has 1 amide bonds. The van der Waals surface area contributed by atoms with Crippen molar-refractivity contribution in [3.8, 4) is 11.3 Å². The number of morpholine rings is 1. The second-order valence-corrected chi connectivity index (χ2v) is 7.41. The molecule has 3 aromatic rings. The van der Waals surface area contributed by atoms with Crippen LogP contribution in [0, 0.1) is 0 Å². The van der Waals surface area contributed by atoms with Crippen molar-refractivity contribution in [1.82, 2.24) is 10.1 Å². The van der Waals surface area contributed by atoms with Crippen molar-refractivity contribution in [2.75, 3.05) is 50.1 Å². The molecule has 7 nitrogen and oxygen atoms in total. The molecule has 1 N–H and O–H groups in total. The maximum Gasteiger partial charge on any atom is 0.238 e. The molecule has 1 fully saturated rings. The molecule has 0 radical (unpaired) electrons. The third-order valence-corrected chi connectivity index (χ3v) is 5.00. The van der Waals surface area contributed by atoms with Crippen LogP contribution in [0.25, 0.3) is 11.3 Å². The summed E-state index contributed by atoms with van der Waals surface area (Å²) in [4.78, 5) is 16.6. The van der Waals surface area contributed by atoms with Gasteiger partial charge in [-0.05, 0) is 31.3 Å². The van der Waals surface area contributed by atoms with E-state index in [-0.39, 0.29) is 12.5 Å². The number of benzene rings is 2. The molecule has 0 atom stereocenters. The number of likely N-dealkylation sites (N-methyl/N-ethyl adjacent to an activating group) is 1. The van der Waals surface area contributed by atoms with Crippen molar-refractivity contribution in [2.45, 2.75) is 6.54 Å². The fourth-order valence-electron chi connectivity index (χ4n) is 3.48. The van der Waals surface area contributed by atoms with Crippen molar-refractivity contribution < 1.29 is 14.1 Å². The second kappa shape index (κ2) is 9.56. The molecule has 0 saturated carbocycles.